The van der Waals surface area contributed by atoms with Crippen molar-refractivity contribution in [2.24, 2.45) is 0 Å². The van der Waals surface area contributed by atoms with Gasteiger partial charge in [-0.25, -0.2) is 0 Å². The number of nitrogens with two attached hydrogens (primary N) is 1. The molecule has 0 aliphatic rings. The quantitative estimate of drug-likeness (QED) is 0.742. The summed E-state index contributed by atoms with van der Waals surface area (Å²) in [5.74, 6) is 1.96. The molecule has 2 aromatic heterocycles. The summed E-state index contributed by atoms with van der Waals surface area (Å²) in [7, 11) is 0. The molecule has 3 aromatic rings. The van der Waals surface area contributed by atoms with Gasteiger partial charge in [-0.15, -0.1) is 0 Å². The molecule has 0 radical (unpaired) electrons. The lowest BCUT2D eigenvalue weighted by atomic mass is 10.0. The van der Waals surface area contributed by atoms with E-state index < -0.39 is 0 Å². The number of hydrogen-bond acceptors (Lipinski definition) is 4. The van der Waals surface area contributed by atoms with Gasteiger partial charge in [0.2, 0.25) is 5.76 Å². The van der Waals surface area contributed by atoms with Gasteiger partial charge in [0.15, 0.2) is 11.6 Å². The molecule has 0 unspecified atom stereocenters. The van der Waals surface area contributed by atoms with Gasteiger partial charge in [-0.05, 0) is 18.1 Å². The minimum absolute atomic E-state index is 0.236. The molecule has 4 heteroatoms. The predicted molar refractivity (Wildman–Crippen MR) is 70.2 cm³/mol. The second-order valence-electron chi connectivity index (χ2n) is 4.61. The van der Waals surface area contributed by atoms with Crippen LogP contribution < -0.4 is 5.73 Å². The molecule has 0 bridgehead atoms. The second-order valence-corrected chi connectivity index (χ2v) is 4.61. The number of anilines is 1. The first kappa shape index (κ1) is 10.9. The van der Waals surface area contributed by atoms with Gasteiger partial charge in [-0.1, -0.05) is 37.2 Å². The molecule has 0 amide bonds. The van der Waals surface area contributed by atoms with Gasteiger partial charge in [-0.2, -0.15) is 0 Å². The molecular weight excluding hydrogens is 228 g/mol. The maximum absolute atomic E-state index is 5.83. The Morgan fingerprint density at radius 2 is 2.00 bits per heavy atom. The van der Waals surface area contributed by atoms with E-state index in [-0.39, 0.29) is 5.92 Å². The molecule has 18 heavy (non-hydrogen) atoms. The van der Waals surface area contributed by atoms with Crippen molar-refractivity contribution in [1.82, 2.24) is 5.16 Å². The summed E-state index contributed by atoms with van der Waals surface area (Å²) in [6, 6.07) is 9.78. The van der Waals surface area contributed by atoms with Crippen LogP contribution in [0.3, 0.4) is 0 Å². The molecule has 0 saturated heterocycles. The van der Waals surface area contributed by atoms with Crippen LogP contribution in [-0.2, 0) is 0 Å². The number of para-hydroxylation sites is 1. The average Bonchev–Trinajstić information content (AvgIpc) is 2.91. The summed E-state index contributed by atoms with van der Waals surface area (Å²) in [5.41, 5.74) is 7.56. The first-order valence-corrected chi connectivity index (χ1v) is 5.91. The molecule has 1 aromatic carbocycles. The smallest absolute Gasteiger partial charge is 0.207 e. The van der Waals surface area contributed by atoms with E-state index in [0.717, 1.165) is 16.5 Å². The van der Waals surface area contributed by atoms with Gasteiger partial charge >= 0.3 is 0 Å². The van der Waals surface area contributed by atoms with Crippen LogP contribution in [0, 0.1) is 0 Å². The standard InChI is InChI=1S/C14H14N2O2/c1-8(2)12-13(18-16-14(12)15)11-7-9-5-3-4-6-10(9)17-11/h3-8H,1-2H3,(H2,15,16). The number of nitrogens with zero attached hydrogens (tertiary/aromatic N) is 1. The van der Waals surface area contributed by atoms with Crippen LogP contribution in [0.15, 0.2) is 39.3 Å². The lowest BCUT2D eigenvalue weighted by Crippen LogP contribution is -1.94. The maximum atomic E-state index is 5.83. The van der Waals surface area contributed by atoms with Crippen molar-refractivity contribution in [3.05, 3.63) is 35.9 Å². The molecule has 0 saturated carbocycles. The molecule has 0 fully saturated rings. The molecule has 0 spiro atoms. The SMILES string of the molecule is CC(C)c1c(N)noc1-c1cc2ccccc2o1. The summed E-state index contributed by atoms with van der Waals surface area (Å²) in [6.45, 7) is 4.10. The monoisotopic (exact) mass is 242 g/mol. The Morgan fingerprint density at radius 1 is 1.22 bits per heavy atom. The Kier molecular flexibility index (Phi) is 2.37. The normalized spacial score (nSPS) is 11.5. The second kappa shape index (κ2) is 3.91. The summed E-state index contributed by atoms with van der Waals surface area (Å²) >= 11 is 0. The largest absolute Gasteiger partial charge is 0.453 e. The predicted octanol–water partition coefficient (Wildman–Crippen LogP) is 3.79. The zero-order valence-electron chi connectivity index (χ0n) is 10.3. The fourth-order valence-electron chi connectivity index (χ4n) is 2.14. The third-order valence-electron chi connectivity index (χ3n) is 2.98. The highest BCUT2D eigenvalue weighted by Crippen LogP contribution is 2.36. The van der Waals surface area contributed by atoms with Crippen LogP contribution >= 0.6 is 0 Å². The third-order valence-corrected chi connectivity index (χ3v) is 2.98. The van der Waals surface area contributed by atoms with E-state index in [0.29, 0.717) is 17.3 Å². The van der Waals surface area contributed by atoms with E-state index >= 15 is 0 Å². The molecular formula is C14H14N2O2. The van der Waals surface area contributed by atoms with Gasteiger partial charge in [0.1, 0.15) is 5.58 Å². The maximum Gasteiger partial charge on any atom is 0.207 e. The van der Waals surface area contributed by atoms with E-state index in [1.807, 2.05) is 30.3 Å². The lowest BCUT2D eigenvalue weighted by molar-refractivity contribution is 0.422. The van der Waals surface area contributed by atoms with E-state index in [4.69, 9.17) is 14.7 Å². The van der Waals surface area contributed by atoms with Gasteiger partial charge in [0.25, 0.3) is 0 Å². The number of fused-ring (bicyclic) bond motifs is 1. The van der Waals surface area contributed by atoms with Crippen LogP contribution in [0.2, 0.25) is 0 Å². The van der Waals surface area contributed by atoms with Crippen molar-refractivity contribution in [1.29, 1.82) is 0 Å². The molecule has 92 valence electrons. The average molecular weight is 242 g/mol. The van der Waals surface area contributed by atoms with E-state index in [1.165, 1.54) is 0 Å². The number of furan rings is 1. The van der Waals surface area contributed by atoms with Crippen molar-refractivity contribution in [3.63, 3.8) is 0 Å². The minimum Gasteiger partial charge on any atom is -0.453 e. The fourth-order valence-corrected chi connectivity index (χ4v) is 2.14. The van der Waals surface area contributed by atoms with Crippen molar-refractivity contribution in [3.8, 4) is 11.5 Å². The lowest BCUT2D eigenvalue weighted by Gasteiger charge is -2.02. The van der Waals surface area contributed by atoms with Crippen molar-refractivity contribution < 1.29 is 8.94 Å². The number of nitrogen functional groups attached to an aromatic ring is 1. The first-order valence-electron chi connectivity index (χ1n) is 5.91. The van der Waals surface area contributed by atoms with Gasteiger partial charge in [0.05, 0.1) is 0 Å². The Morgan fingerprint density at radius 3 is 2.72 bits per heavy atom. The molecule has 0 aliphatic heterocycles. The Balaban J connectivity index is 2.20. The summed E-state index contributed by atoms with van der Waals surface area (Å²) < 4.78 is 11.1. The molecule has 3 rings (SSSR count). The highest BCUT2D eigenvalue weighted by molar-refractivity contribution is 5.82. The first-order chi connectivity index (χ1) is 8.66. The van der Waals surface area contributed by atoms with Crippen LogP contribution in [0.1, 0.15) is 25.3 Å². The number of hydrogen-bond donors (Lipinski definition) is 1. The van der Waals surface area contributed by atoms with Crippen LogP contribution in [0.25, 0.3) is 22.5 Å². The number of aromatic nitrogens is 1. The zero-order chi connectivity index (χ0) is 12.7. The Bertz CT molecular complexity index is 662. The Hall–Kier alpha value is -2.23. The van der Waals surface area contributed by atoms with Crippen LogP contribution in [0.4, 0.5) is 5.82 Å². The van der Waals surface area contributed by atoms with Gasteiger partial charge in [0, 0.05) is 10.9 Å². The zero-order valence-corrected chi connectivity index (χ0v) is 10.3. The highest BCUT2D eigenvalue weighted by atomic mass is 16.5. The van der Waals surface area contributed by atoms with E-state index in [2.05, 4.69) is 19.0 Å². The third kappa shape index (κ3) is 1.57. The molecule has 2 N–H and O–H groups in total. The van der Waals surface area contributed by atoms with Crippen molar-refractivity contribution in [2.45, 2.75) is 19.8 Å². The van der Waals surface area contributed by atoms with E-state index in [1.54, 1.807) is 0 Å². The Labute approximate surface area is 104 Å². The van der Waals surface area contributed by atoms with Crippen molar-refractivity contribution >= 4 is 16.8 Å². The highest BCUT2D eigenvalue weighted by Gasteiger charge is 2.21. The van der Waals surface area contributed by atoms with Crippen LogP contribution in [-0.4, -0.2) is 5.16 Å². The minimum atomic E-state index is 0.236. The van der Waals surface area contributed by atoms with Crippen molar-refractivity contribution in [2.75, 3.05) is 5.73 Å². The number of benzene rings is 1. The summed E-state index contributed by atoms with van der Waals surface area (Å²) in [4.78, 5) is 0. The topological polar surface area (TPSA) is 65.2 Å². The summed E-state index contributed by atoms with van der Waals surface area (Å²) in [5, 5.41) is 4.87. The summed E-state index contributed by atoms with van der Waals surface area (Å²) in [6.07, 6.45) is 0. The van der Waals surface area contributed by atoms with Gasteiger partial charge in [-0.3, -0.25) is 0 Å². The van der Waals surface area contributed by atoms with Gasteiger partial charge < -0.3 is 14.7 Å². The fraction of sp³-hybridized carbons (Fsp3) is 0.214. The molecule has 0 aliphatic carbocycles. The van der Waals surface area contributed by atoms with Crippen LogP contribution in [0.5, 0.6) is 0 Å². The van der Waals surface area contributed by atoms with E-state index in [9.17, 15) is 0 Å². The molecule has 4 nitrogen and oxygen atoms in total. The molecule has 2 heterocycles. The number of rotatable bonds is 2. The molecule has 0 atom stereocenters.